The van der Waals surface area contributed by atoms with E-state index in [1.165, 1.54) is 6.07 Å². The Morgan fingerprint density at radius 1 is 1.28 bits per heavy atom. The van der Waals surface area contributed by atoms with Gasteiger partial charge in [-0.1, -0.05) is 0 Å². The smallest absolute Gasteiger partial charge is 0.263 e. The van der Waals surface area contributed by atoms with Crippen LogP contribution in [-0.4, -0.2) is 54.4 Å². The van der Waals surface area contributed by atoms with Gasteiger partial charge >= 0.3 is 0 Å². The highest BCUT2D eigenvalue weighted by Gasteiger charge is 2.44. The van der Waals surface area contributed by atoms with Crippen LogP contribution in [0.3, 0.4) is 0 Å². The van der Waals surface area contributed by atoms with Crippen LogP contribution in [0.15, 0.2) is 18.2 Å². The SMILES string of the molecule is C[C@H](Oc1ccc(F)cc1F)C(=O)N1CCC2(CC1)CC(=O)N(C)C2. The Balaban J connectivity index is 1.58. The number of rotatable bonds is 3. The van der Waals surface area contributed by atoms with E-state index < -0.39 is 17.7 Å². The topological polar surface area (TPSA) is 49.9 Å². The molecule has 0 unspecified atom stereocenters. The van der Waals surface area contributed by atoms with Crippen molar-refractivity contribution < 1.29 is 23.1 Å². The molecular weight excluding hydrogens is 330 g/mol. The fourth-order valence-corrected chi connectivity index (χ4v) is 3.71. The van der Waals surface area contributed by atoms with Gasteiger partial charge in [0.2, 0.25) is 5.91 Å². The molecule has 2 heterocycles. The Morgan fingerprint density at radius 3 is 2.52 bits per heavy atom. The third kappa shape index (κ3) is 3.60. The van der Waals surface area contributed by atoms with Gasteiger partial charge in [0.25, 0.3) is 5.91 Å². The minimum absolute atomic E-state index is 0.0320. The van der Waals surface area contributed by atoms with Gasteiger partial charge in [-0.05, 0) is 31.9 Å². The van der Waals surface area contributed by atoms with Crippen molar-refractivity contribution >= 4 is 11.8 Å². The molecule has 0 aliphatic carbocycles. The van der Waals surface area contributed by atoms with Crippen LogP contribution in [0.25, 0.3) is 0 Å². The molecule has 5 nitrogen and oxygen atoms in total. The molecule has 7 heteroatoms. The number of benzene rings is 1. The van der Waals surface area contributed by atoms with E-state index in [0.29, 0.717) is 19.5 Å². The van der Waals surface area contributed by atoms with E-state index in [4.69, 9.17) is 4.74 Å². The fourth-order valence-electron chi connectivity index (χ4n) is 3.71. The van der Waals surface area contributed by atoms with Crippen LogP contribution in [0, 0.1) is 17.0 Å². The Bertz CT molecular complexity index is 687. The van der Waals surface area contributed by atoms with Crippen LogP contribution < -0.4 is 4.74 Å². The summed E-state index contributed by atoms with van der Waals surface area (Å²) in [5.41, 5.74) is -0.0320. The van der Waals surface area contributed by atoms with E-state index in [-0.39, 0.29) is 23.0 Å². The summed E-state index contributed by atoms with van der Waals surface area (Å²) in [7, 11) is 1.81. The molecule has 1 aromatic carbocycles. The molecule has 0 aromatic heterocycles. The number of amides is 2. The van der Waals surface area contributed by atoms with Gasteiger partial charge in [0.05, 0.1) is 0 Å². The Hall–Kier alpha value is -2.18. The first-order chi connectivity index (χ1) is 11.8. The van der Waals surface area contributed by atoms with Gasteiger partial charge in [0, 0.05) is 44.6 Å². The van der Waals surface area contributed by atoms with Crippen LogP contribution in [0.5, 0.6) is 5.75 Å². The quantitative estimate of drug-likeness (QED) is 0.838. The molecule has 1 atom stereocenters. The van der Waals surface area contributed by atoms with Crippen molar-refractivity contribution in [2.75, 3.05) is 26.7 Å². The van der Waals surface area contributed by atoms with Gasteiger partial charge in [0.15, 0.2) is 17.7 Å². The van der Waals surface area contributed by atoms with E-state index in [0.717, 1.165) is 31.5 Å². The Morgan fingerprint density at radius 2 is 1.96 bits per heavy atom. The van der Waals surface area contributed by atoms with Gasteiger partial charge in [-0.2, -0.15) is 0 Å². The molecule has 1 spiro atoms. The lowest BCUT2D eigenvalue weighted by Crippen LogP contribution is -2.48. The van der Waals surface area contributed by atoms with Crippen molar-refractivity contribution in [1.82, 2.24) is 9.80 Å². The molecule has 3 rings (SSSR count). The van der Waals surface area contributed by atoms with Crippen LogP contribution in [-0.2, 0) is 9.59 Å². The zero-order valence-electron chi connectivity index (χ0n) is 14.4. The van der Waals surface area contributed by atoms with E-state index in [1.54, 1.807) is 16.7 Å². The second kappa shape index (κ2) is 6.61. The molecule has 2 aliphatic rings. The second-order valence-corrected chi connectivity index (χ2v) is 7.09. The standard InChI is InChI=1S/C18H22F2N2O3/c1-12(25-15-4-3-13(19)9-14(15)20)17(24)22-7-5-18(6-8-22)10-16(23)21(2)11-18/h3-4,9,12H,5-8,10-11H2,1-2H3/t12-/m0/s1. The number of likely N-dealkylation sites (tertiary alicyclic amines) is 2. The largest absolute Gasteiger partial charge is 0.478 e. The maximum absolute atomic E-state index is 13.7. The van der Waals surface area contributed by atoms with Crippen molar-refractivity contribution in [3.8, 4) is 5.75 Å². The zero-order valence-corrected chi connectivity index (χ0v) is 14.4. The normalized spacial score (nSPS) is 20.9. The number of hydrogen-bond acceptors (Lipinski definition) is 3. The van der Waals surface area contributed by atoms with Crippen LogP contribution >= 0.6 is 0 Å². The number of carbonyl (C=O) groups is 2. The lowest BCUT2D eigenvalue weighted by atomic mass is 9.77. The fraction of sp³-hybridized carbons (Fsp3) is 0.556. The molecule has 0 bridgehead atoms. The van der Waals surface area contributed by atoms with Crippen LogP contribution in [0.2, 0.25) is 0 Å². The lowest BCUT2D eigenvalue weighted by Gasteiger charge is -2.39. The van der Waals surface area contributed by atoms with Crippen molar-refractivity contribution in [2.24, 2.45) is 5.41 Å². The van der Waals surface area contributed by atoms with Gasteiger partial charge in [-0.15, -0.1) is 0 Å². The second-order valence-electron chi connectivity index (χ2n) is 7.09. The van der Waals surface area contributed by atoms with Gasteiger partial charge in [0.1, 0.15) is 5.82 Å². The highest BCUT2D eigenvalue weighted by Crippen LogP contribution is 2.40. The number of halogens is 2. The van der Waals surface area contributed by atoms with Gasteiger partial charge in [-0.25, -0.2) is 8.78 Å². The summed E-state index contributed by atoms with van der Waals surface area (Å²) in [6.07, 6.45) is 1.22. The summed E-state index contributed by atoms with van der Waals surface area (Å²) in [4.78, 5) is 27.8. The summed E-state index contributed by atoms with van der Waals surface area (Å²) < 4.78 is 32.0. The monoisotopic (exact) mass is 352 g/mol. The number of nitrogens with zero attached hydrogens (tertiary/aromatic N) is 2. The summed E-state index contributed by atoms with van der Waals surface area (Å²) in [6.45, 7) is 3.40. The number of hydrogen-bond donors (Lipinski definition) is 0. The highest BCUT2D eigenvalue weighted by molar-refractivity contribution is 5.81. The van der Waals surface area contributed by atoms with Crippen LogP contribution in [0.4, 0.5) is 8.78 Å². The Labute approximate surface area is 145 Å². The molecule has 136 valence electrons. The van der Waals surface area contributed by atoms with Crippen molar-refractivity contribution in [3.63, 3.8) is 0 Å². The average Bonchev–Trinajstić information content (AvgIpc) is 2.84. The minimum Gasteiger partial charge on any atom is -0.478 e. The summed E-state index contributed by atoms with van der Waals surface area (Å²) in [6, 6.07) is 3.00. The molecule has 0 N–H and O–H groups in total. The number of ether oxygens (including phenoxy) is 1. The van der Waals surface area contributed by atoms with E-state index >= 15 is 0 Å². The molecule has 0 saturated carbocycles. The van der Waals surface area contributed by atoms with Gasteiger partial charge < -0.3 is 14.5 Å². The molecule has 25 heavy (non-hydrogen) atoms. The van der Waals surface area contributed by atoms with Crippen molar-refractivity contribution in [3.05, 3.63) is 29.8 Å². The molecular formula is C18H22F2N2O3. The molecule has 1 aromatic rings. The lowest BCUT2D eigenvalue weighted by molar-refractivity contribution is -0.140. The molecule has 2 amide bonds. The van der Waals surface area contributed by atoms with Crippen LogP contribution in [0.1, 0.15) is 26.2 Å². The first kappa shape index (κ1) is 17.6. The highest BCUT2D eigenvalue weighted by atomic mass is 19.1. The number of carbonyl (C=O) groups excluding carboxylic acids is 2. The van der Waals surface area contributed by atoms with Crippen molar-refractivity contribution in [2.45, 2.75) is 32.3 Å². The first-order valence-electron chi connectivity index (χ1n) is 8.44. The van der Waals surface area contributed by atoms with Gasteiger partial charge in [-0.3, -0.25) is 9.59 Å². The zero-order chi connectivity index (χ0) is 18.2. The molecule has 2 saturated heterocycles. The summed E-state index contributed by atoms with van der Waals surface area (Å²) in [5, 5.41) is 0. The summed E-state index contributed by atoms with van der Waals surface area (Å²) >= 11 is 0. The third-order valence-corrected chi connectivity index (χ3v) is 5.21. The predicted molar refractivity (Wildman–Crippen MR) is 86.9 cm³/mol. The average molecular weight is 352 g/mol. The van der Waals surface area contributed by atoms with E-state index in [2.05, 4.69) is 0 Å². The molecule has 2 aliphatic heterocycles. The predicted octanol–water partition coefficient (Wildman–Crippen LogP) is 2.20. The van der Waals surface area contributed by atoms with Crippen molar-refractivity contribution in [1.29, 1.82) is 0 Å². The molecule has 2 fully saturated rings. The summed E-state index contributed by atoms with van der Waals surface area (Å²) in [5.74, 6) is -1.73. The minimum atomic E-state index is -0.859. The molecule has 0 radical (unpaired) electrons. The third-order valence-electron chi connectivity index (χ3n) is 5.21. The Kier molecular flexibility index (Phi) is 4.67. The van der Waals surface area contributed by atoms with E-state index in [9.17, 15) is 18.4 Å². The maximum Gasteiger partial charge on any atom is 0.263 e. The first-order valence-corrected chi connectivity index (χ1v) is 8.44. The number of piperidine rings is 1. The van der Waals surface area contributed by atoms with E-state index in [1.807, 2.05) is 7.05 Å². The maximum atomic E-state index is 13.7.